The molecule has 1 aromatic carbocycles. The van der Waals surface area contributed by atoms with Crippen molar-refractivity contribution in [1.29, 1.82) is 0 Å². The Kier molecular flexibility index (Phi) is 4.00. The first-order chi connectivity index (χ1) is 7.77. The van der Waals surface area contributed by atoms with Crippen LogP contribution >= 0.6 is 11.6 Å². The van der Waals surface area contributed by atoms with E-state index in [1.165, 1.54) is 32.4 Å². The van der Waals surface area contributed by atoms with Gasteiger partial charge >= 0.3 is 5.97 Å². The highest BCUT2D eigenvalue weighted by atomic mass is 35.5. The van der Waals surface area contributed by atoms with Crippen LogP contribution in [0.15, 0.2) is 18.2 Å². The number of halogens is 1. The van der Waals surface area contributed by atoms with Crippen molar-refractivity contribution >= 4 is 33.3 Å². The normalized spacial score (nSPS) is 11.1. The maximum absolute atomic E-state index is 11.3. The fourth-order valence-electron chi connectivity index (χ4n) is 1.17. The van der Waals surface area contributed by atoms with Gasteiger partial charge in [-0.1, -0.05) is 11.6 Å². The first-order valence-electron chi connectivity index (χ1n) is 4.59. The van der Waals surface area contributed by atoms with Crippen LogP contribution < -0.4 is 4.31 Å². The molecule has 0 aliphatic carbocycles. The fraction of sp³-hybridized carbons (Fsp3) is 0.300. The second-order valence-electron chi connectivity index (χ2n) is 3.39. The number of esters is 1. The lowest BCUT2D eigenvalue weighted by atomic mass is 10.2. The van der Waals surface area contributed by atoms with Crippen LogP contribution in [-0.2, 0) is 14.8 Å². The lowest BCUT2D eigenvalue weighted by molar-refractivity contribution is 0.0601. The lowest BCUT2D eigenvalue weighted by Gasteiger charge is -2.17. The standard InChI is InChI=1S/C10H12ClNO4S/c1-12(17(3,14)15)7-4-5-8(9(11)6-7)10(13)16-2/h4-6H,1-3H3. The number of ether oxygens (including phenoxy) is 1. The third-order valence-electron chi connectivity index (χ3n) is 2.22. The van der Waals surface area contributed by atoms with Crippen LogP contribution in [0.2, 0.25) is 5.02 Å². The highest BCUT2D eigenvalue weighted by Gasteiger charge is 2.16. The minimum Gasteiger partial charge on any atom is -0.465 e. The Labute approximate surface area is 105 Å². The first kappa shape index (κ1) is 13.8. The zero-order valence-corrected chi connectivity index (χ0v) is 11.2. The van der Waals surface area contributed by atoms with E-state index in [1.54, 1.807) is 0 Å². The van der Waals surface area contributed by atoms with Gasteiger partial charge in [0.25, 0.3) is 0 Å². The van der Waals surface area contributed by atoms with Crippen molar-refractivity contribution < 1.29 is 17.9 Å². The largest absolute Gasteiger partial charge is 0.465 e. The van der Waals surface area contributed by atoms with Crippen LogP contribution in [0.1, 0.15) is 10.4 Å². The molecule has 0 radical (unpaired) electrons. The van der Waals surface area contributed by atoms with Gasteiger partial charge in [-0.3, -0.25) is 4.31 Å². The molecule has 0 aromatic heterocycles. The predicted molar refractivity (Wildman–Crippen MR) is 66.0 cm³/mol. The zero-order valence-electron chi connectivity index (χ0n) is 9.60. The molecule has 17 heavy (non-hydrogen) atoms. The summed E-state index contributed by atoms with van der Waals surface area (Å²) in [5.41, 5.74) is 0.574. The van der Waals surface area contributed by atoms with Gasteiger partial charge < -0.3 is 4.74 Å². The molecule has 0 aliphatic heterocycles. The van der Waals surface area contributed by atoms with Crippen LogP contribution in [0.5, 0.6) is 0 Å². The van der Waals surface area contributed by atoms with Crippen molar-refractivity contribution in [3.05, 3.63) is 28.8 Å². The molecule has 0 bridgehead atoms. The second kappa shape index (κ2) is 4.93. The van der Waals surface area contributed by atoms with Crippen molar-refractivity contribution in [2.24, 2.45) is 0 Å². The van der Waals surface area contributed by atoms with Crippen LogP contribution in [0, 0.1) is 0 Å². The maximum Gasteiger partial charge on any atom is 0.339 e. The average Bonchev–Trinajstić information content (AvgIpc) is 2.25. The monoisotopic (exact) mass is 277 g/mol. The minimum atomic E-state index is -3.35. The van der Waals surface area contributed by atoms with Gasteiger partial charge in [0.1, 0.15) is 0 Å². The Morgan fingerprint density at radius 1 is 1.41 bits per heavy atom. The number of hydrogen-bond acceptors (Lipinski definition) is 4. The lowest BCUT2D eigenvalue weighted by Crippen LogP contribution is -2.24. The van der Waals surface area contributed by atoms with Gasteiger partial charge in [-0.2, -0.15) is 0 Å². The van der Waals surface area contributed by atoms with Gasteiger partial charge in [-0.25, -0.2) is 13.2 Å². The van der Waals surface area contributed by atoms with E-state index < -0.39 is 16.0 Å². The second-order valence-corrected chi connectivity index (χ2v) is 5.81. The zero-order chi connectivity index (χ0) is 13.2. The molecule has 0 spiro atoms. The Bertz CT molecular complexity index is 541. The molecule has 0 N–H and O–H groups in total. The number of hydrogen-bond donors (Lipinski definition) is 0. The van der Waals surface area contributed by atoms with Crippen LogP contribution in [0.25, 0.3) is 0 Å². The summed E-state index contributed by atoms with van der Waals surface area (Å²) in [6, 6.07) is 4.30. The summed E-state index contributed by atoms with van der Waals surface area (Å²) in [5.74, 6) is -0.566. The Morgan fingerprint density at radius 3 is 2.41 bits per heavy atom. The Morgan fingerprint density at radius 2 is 2.00 bits per heavy atom. The maximum atomic E-state index is 11.3. The van der Waals surface area contributed by atoms with E-state index in [2.05, 4.69) is 4.74 Å². The van der Waals surface area contributed by atoms with Crippen LogP contribution in [0.4, 0.5) is 5.69 Å². The van der Waals surface area contributed by atoms with Gasteiger partial charge in [0.2, 0.25) is 10.0 Å². The number of carbonyl (C=O) groups excluding carboxylic acids is 1. The van der Waals surface area contributed by atoms with Crippen molar-refractivity contribution in [2.45, 2.75) is 0 Å². The SMILES string of the molecule is COC(=O)c1ccc(N(C)S(C)(=O)=O)cc1Cl. The summed E-state index contributed by atoms with van der Waals surface area (Å²) in [7, 11) is -0.706. The van der Waals surface area contributed by atoms with E-state index in [9.17, 15) is 13.2 Å². The molecule has 0 unspecified atom stereocenters. The molecule has 0 fully saturated rings. The molecule has 0 saturated carbocycles. The topological polar surface area (TPSA) is 63.7 Å². The number of rotatable bonds is 3. The van der Waals surface area contributed by atoms with E-state index >= 15 is 0 Å². The third kappa shape index (κ3) is 3.10. The molecule has 0 atom stereocenters. The van der Waals surface area contributed by atoms with Gasteiger partial charge in [0, 0.05) is 7.05 Å². The molecule has 1 rings (SSSR count). The number of nitrogens with zero attached hydrogens (tertiary/aromatic N) is 1. The van der Waals surface area contributed by atoms with Crippen molar-refractivity contribution in [3.8, 4) is 0 Å². The molecule has 0 heterocycles. The number of carbonyl (C=O) groups is 1. The molecule has 0 saturated heterocycles. The summed E-state index contributed by atoms with van der Waals surface area (Å²) >= 11 is 5.87. The van der Waals surface area contributed by atoms with Crippen molar-refractivity contribution in [3.63, 3.8) is 0 Å². The van der Waals surface area contributed by atoms with Crippen molar-refractivity contribution in [2.75, 3.05) is 24.7 Å². The molecule has 1 aromatic rings. The highest BCUT2D eigenvalue weighted by Crippen LogP contribution is 2.24. The number of anilines is 1. The molecule has 0 aliphatic rings. The average molecular weight is 278 g/mol. The van der Waals surface area contributed by atoms with Gasteiger partial charge in [0.05, 0.1) is 29.6 Å². The molecular formula is C10H12ClNO4S. The Balaban J connectivity index is 3.18. The quantitative estimate of drug-likeness (QED) is 0.786. The summed E-state index contributed by atoms with van der Waals surface area (Å²) < 4.78 is 28.2. The number of sulfonamides is 1. The van der Waals surface area contributed by atoms with E-state index in [4.69, 9.17) is 11.6 Å². The van der Waals surface area contributed by atoms with Crippen molar-refractivity contribution in [1.82, 2.24) is 0 Å². The Hall–Kier alpha value is -1.27. The molecular weight excluding hydrogens is 266 g/mol. The highest BCUT2D eigenvalue weighted by molar-refractivity contribution is 7.92. The van der Waals surface area contributed by atoms with Crippen LogP contribution in [0.3, 0.4) is 0 Å². The fourth-order valence-corrected chi connectivity index (χ4v) is 1.92. The van der Waals surface area contributed by atoms with Crippen LogP contribution in [-0.4, -0.2) is 34.8 Å². The summed E-state index contributed by atoms with van der Waals surface area (Å²) in [6.45, 7) is 0. The minimum absolute atomic E-state index is 0.143. The van der Waals surface area contributed by atoms with E-state index in [0.717, 1.165) is 10.6 Å². The molecule has 94 valence electrons. The van der Waals surface area contributed by atoms with Gasteiger partial charge in [0.15, 0.2) is 0 Å². The molecule has 0 amide bonds. The summed E-state index contributed by atoms with van der Waals surface area (Å²) in [5, 5.41) is 0.143. The van der Waals surface area contributed by atoms with Gasteiger partial charge in [-0.05, 0) is 18.2 Å². The van der Waals surface area contributed by atoms with E-state index in [-0.39, 0.29) is 10.6 Å². The number of methoxy groups -OCH3 is 1. The van der Waals surface area contributed by atoms with E-state index in [1.807, 2.05) is 0 Å². The summed E-state index contributed by atoms with van der Waals surface area (Å²) in [4.78, 5) is 11.3. The summed E-state index contributed by atoms with van der Waals surface area (Å²) in [6.07, 6.45) is 1.08. The smallest absolute Gasteiger partial charge is 0.339 e. The van der Waals surface area contributed by atoms with E-state index in [0.29, 0.717) is 5.69 Å². The molecule has 7 heteroatoms. The third-order valence-corrected chi connectivity index (χ3v) is 3.74. The van der Waals surface area contributed by atoms with Gasteiger partial charge in [-0.15, -0.1) is 0 Å². The number of benzene rings is 1. The molecule has 5 nitrogen and oxygen atoms in total. The first-order valence-corrected chi connectivity index (χ1v) is 6.81. The predicted octanol–water partition coefficient (Wildman–Crippen LogP) is 1.52.